The van der Waals surface area contributed by atoms with Gasteiger partial charge in [-0.3, -0.25) is 9.89 Å². The quantitative estimate of drug-likeness (QED) is 0.217. The van der Waals surface area contributed by atoms with Crippen LogP contribution in [0.3, 0.4) is 0 Å². The Balaban J connectivity index is 0.00000300. The number of nitrogens with zero attached hydrogens (tertiary/aromatic N) is 2. The molecule has 2 aromatic heterocycles. The van der Waals surface area contributed by atoms with Gasteiger partial charge in [0.05, 0.1) is 12.3 Å². The summed E-state index contributed by atoms with van der Waals surface area (Å²) >= 11 is 0. The van der Waals surface area contributed by atoms with Crippen molar-refractivity contribution < 1.29 is 13.6 Å². The Kier molecular flexibility index (Phi) is 10.6. The van der Waals surface area contributed by atoms with Gasteiger partial charge in [0, 0.05) is 26.7 Å². The van der Waals surface area contributed by atoms with Gasteiger partial charge in [0.25, 0.3) is 0 Å². The number of guanidine groups is 1. The van der Waals surface area contributed by atoms with E-state index in [-0.39, 0.29) is 30.0 Å². The maximum Gasteiger partial charge on any atom is 0.191 e. The Morgan fingerprint density at radius 3 is 2.72 bits per heavy atom. The van der Waals surface area contributed by atoms with Gasteiger partial charge in [-0.05, 0) is 63.5 Å². The van der Waals surface area contributed by atoms with Gasteiger partial charge in [0.2, 0.25) is 0 Å². The van der Waals surface area contributed by atoms with Crippen LogP contribution in [0, 0.1) is 6.92 Å². The van der Waals surface area contributed by atoms with Gasteiger partial charge in [-0.1, -0.05) is 0 Å². The van der Waals surface area contributed by atoms with Crippen LogP contribution in [0.15, 0.2) is 44.4 Å². The number of likely N-dealkylation sites (tertiary alicyclic amines) is 1. The predicted molar refractivity (Wildman–Crippen MR) is 125 cm³/mol. The van der Waals surface area contributed by atoms with Gasteiger partial charge in [0.1, 0.15) is 23.9 Å². The van der Waals surface area contributed by atoms with E-state index < -0.39 is 0 Å². The van der Waals surface area contributed by atoms with Crippen molar-refractivity contribution in [1.29, 1.82) is 0 Å². The van der Waals surface area contributed by atoms with Gasteiger partial charge < -0.3 is 24.2 Å². The van der Waals surface area contributed by atoms with Gasteiger partial charge in [0.15, 0.2) is 5.96 Å². The molecule has 0 amide bonds. The van der Waals surface area contributed by atoms with Gasteiger partial charge in [-0.15, -0.1) is 24.0 Å². The van der Waals surface area contributed by atoms with Crippen LogP contribution in [0.5, 0.6) is 0 Å². The first-order valence-electron chi connectivity index (χ1n) is 10.1. The molecule has 1 saturated heterocycles. The lowest BCUT2D eigenvalue weighted by Crippen LogP contribution is -2.43. The van der Waals surface area contributed by atoms with Crippen molar-refractivity contribution in [2.24, 2.45) is 4.99 Å². The zero-order valence-electron chi connectivity index (χ0n) is 17.4. The lowest BCUT2D eigenvalue weighted by Gasteiger charge is -2.26. The first-order valence-corrected chi connectivity index (χ1v) is 10.1. The zero-order chi connectivity index (χ0) is 19.6. The average molecular weight is 516 g/mol. The molecule has 0 radical (unpaired) electrons. The number of rotatable bonds is 10. The molecule has 29 heavy (non-hydrogen) atoms. The summed E-state index contributed by atoms with van der Waals surface area (Å²) < 4.78 is 16.8. The monoisotopic (exact) mass is 516 g/mol. The van der Waals surface area contributed by atoms with Crippen LogP contribution in [-0.2, 0) is 11.3 Å². The molecule has 1 aliphatic heterocycles. The standard InChI is InChI=1S/C21H32N4O3.HI/c1-17-8-9-20(28-17)19(25-11-3-4-12-25)15-24-21(22-2)23-10-6-13-26-16-18-7-5-14-27-18;/h5,7-9,14,19H,3-4,6,10-13,15-16H2,1-2H3,(H2,22,23,24);1H. The first-order chi connectivity index (χ1) is 13.8. The minimum Gasteiger partial charge on any atom is -0.467 e. The SMILES string of the molecule is CN=C(NCCCOCc1ccco1)NCC(c1ccc(C)o1)N1CCCC1.I. The number of furan rings is 2. The second-order valence-electron chi connectivity index (χ2n) is 7.07. The molecule has 3 rings (SSSR count). The Bertz CT molecular complexity index is 711. The van der Waals surface area contributed by atoms with Gasteiger partial charge in [-0.2, -0.15) is 0 Å². The fourth-order valence-corrected chi connectivity index (χ4v) is 3.46. The molecule has 1 unspecified atom stereocenters. The Morgan fingerprint density at radius 2 is 2.07 bits per heavy atom. The lowest BCUT2D eigenvalue weighted by atomic mass is 10.2. The summed E-state index contributed by atoms with van der Waals surface area (Å²) in [6.07, 6.45) is 5.06. The third-order valence-electron chi connectivity index (χ3n) is 4.94. The van der Waals surface area contributed by atoms with Crippen molar-refractivity contribution in [2.75, 3.05) is 39.8 Å². The molecule has 0 saturated carbocycles. The lowest BCUT2D eigenvalue weighted by molar-refractivity contribution is 0.105. The van der Waals surface area contributed by atoms with E-state index in [2.05, 4.69) is 26.6 Å². The van der Waals surface area contributed by atoms with Crippen molar-refractivity contribution in [3.05, 3.63) is 47.8 Å². The maximum absolute atomic E-state index is 5.91. The van der Waals surface area contributed by atoms with Crippen molar-refractivity contribution in [1.82, 2.24) is 15.5 Å². The molecule has 0 aliphatic carbocycles. The molecule has 0 aromatic carbocycles. The van der Waals surface area contributed by atoms with E-state index in [4.69, 9.17) is 13.6 Å². The number of aliphatic imine (C=N–C) groups is 1. The van der Waals surface area contributed by atoms with Crippen molar-refractivity contribution in [2.45, 2.75) is 38.8 Å². The summed E-state index contributed by atoms with van der Waals surface area (Å²) in [5, 5.41) is 6.80. The highest BCUT2D eigenvalue weighted by atomic mass is 127. The zero-order valence-corrected chi connectivity index (χ0v) is 19.7. The number of nitrogens with one attached hydrogen (secondary N) is 2. The largest absolute Gasteiger partial charge is 0.467 e. The molecule has 1 atom stereocenters. The molecule has 3 heterocycles. The van der Waals surface area contributed by atoms with Crippen LogP contribution in [0.25, 0.3) is 0 Å². The molecule has 1 fully saturated rings. The number of halogens is 1. The Labute approximate surface area is 190 Å². The highest BCUT2D eigenvalue weighted by Gasteiger charge is 2.26. The summed E-state index contributed by atoms with van der Waals surface area (Å²) in [6.45, 7) is 6.98. The van der Waals surface area contributed by atoms with E-state index in [0.717, 1.165) is 55.8 Å². The second-order valence-corrected chi connectivity index (χ2v) is 7.07. The fourth-order valence-electron chi connectivity index (χ4n) is 3.46. The van der Waals surface area contributed by atoms with Gasteiger partial charge >= 0.3 is 0 Å². The molecular weight excluding hydrogens is 483 g/mol. The fraction of sp³-hybridized carbons (Fsp3) is 0.571. The van der Waals surface area contributed by atoms with E-state index in [1.165, 1.54) is 12.8 Å². The summed E-state index contributed by atoms with van der Waals surface area (Å²) in [4.78, 5) is 6.82. The first kappa shape index (κ1) is 23.8. The van der Waals surface area contributed by atoms with E-state index in [0.29, 0.717) is 13.2 Å². The third kappa shape index (κ3) is 7.67. The number of hydrogen-bond donors (Lipinski definition) is 2. The summed E-state index contributed by atoms with van der Waals surface area (Å²) in [5.74, 6) is 3.63. The molecule has 1 aliphatic rings. The average Bonchev–Trinajstić information content (AvgIpc) is 3.46. The number of hydrogen-bond acceptors (Lipinski definition) is 5. The molecule has 162 valence electrons. The van der Waals surface area contributed by atoms with Crippen LogP contribution in [0.1, 0.15) is 42.6 Å². The summed E-state index contributed by atoms with van der Waals surface area (Å²) in [5.41, 5.74) is 0. The van der Waals surface area contributed by atoms with E-state index in [1.807, 2.05) is 25.1 Å². The van der Waals surface area contributed by atoms with E-state index in [9.17, 15) is 0 Å². The number of aryl methyl sites for hydroxylation is 1. The minimum absolute atomic E-state index is 0. The molecule has 2 aromatic rings. The highest BCUT2D eigenvalue weighted by molar-refractivity contribution is 14.0. The summed E-state index contributed by atoms with van der Waals surface area (Å²) in [7, 11) is 1.80. The molecule has 7 nitrogen and oxygen atoms in total. The minimum atomic E-state index is 0. The number of ether oxygens (including phenoxy) is 1. The van der Waals surface area contributed by atoms with Gasteiger partial charge in [-0.25, -0.2) is 0 Å². The van der Waals surface area contributed by atoms with Crippen LogP contribution in [0.4, 0.5) is 0 Å². The molecule has 0 spiro atoms. The summed E-state index contributed by atoms with van der Waals surface area (Å²) in [6, 6.07) is 8.14. The maximum atomic E-state index is 5.91. The van der Waals surface area contributed by atoms with Crippen molar-refractivity contribution >= 4 is 29.9 Å². The molecular formula is C21H33IN4O3. The predicted octanol–water partition coefficient (Wildman–Crippen LogP) is 3.71. The molecule has 2 N–H and O–H groups in total. The van der Waals surface area contributed by atoms with E-state index in [1.54, 1.807) is 13.3 Å². The third-order valence-corrected chi connectivity index (χ3v) is 4.94. The normalized spacial score (nSPS) is 15.9. The topological polar surface area (TPSA) is 75.2 Å². The molecule has 0 bridgehead atoms. The van der Waals surface area contributed by atoms with Crippen LogP contribution in [0.2, 0.25) is 0 Å². The van der Waals surface area contributed by atoms with Crippen LogP contribution >= 0.6 is 24.0 Å². The van der Waals surface area contributed by atoms with Crippen LogP contribution < -0.4 is 10.6 Å². The van der Waals surface area contributed by atoms with Crippen LogP contribution in [-0.4, -0.2) is 50.7 Å². The smallest absolute Gasteiger partial charge is 0.191 e. The highest BCUT2D eigenvalue weighted by Crippen LogP contribution is 2.26. The second kappa shape index (κ2) is 12.9. The van der Waals surface area contributed by atoms with E-state index >= 15 is 0 Å². The Hall–Kier alpha value is -1.52. The molecule has 8 heteroatoms. The van der Waals surface area contributed by atoms with Crippen molar-refractivity contribution in [3.63, 3.8) is 0 Å². The van der Waals surface area contributed by atoms with Crippen molar-refractivity contribution in [3.8, 4) is 0 Å². The Morgan fingerprint density at radius 1 is 1.24 bits per heavy atom.